The first-order valence-electron chi connectivity index (χ1n) is 8.12. The van der Waals surface area contributed by atoms with Crippen molar-refractivity contribution in [3.8, 4) is 0 Å². The van der Waals surface area contributed by atoms with E-state index in [-0.39, 0.29) is 30.7 Å². The number of nitrogens with one attached hydrogen (secondary N) is 2. The molecule has 0 radical (unpaired) electrons. The van der Waals surface area contributed by atoms with E-state index < -0.39 is 0 Å². The molecule has 1 aliphatic heterocycles. The lowest BCUT2D eigenvalue weighted by Crippen LogP contribution is -2.23. The molecule has 0 bridgehead atoms. The third kappa shape index (κ3) is 4.97. The van der Waals surface area contributed by atoms with Crippen molar-refractivity contribution < 1.29 is 4.79 Å². The number of hydrogen-bond donors (Lipinski definition) is 2. The average Bonchev–Trinajstić information content (AvgIpc) is 3.08. The third-order valence-electron chi connectivity index (χ3n) is 4.65. The molecule has 5 nitrogen and oxygen atoms in total. The van der Waals surface area contributed by atoms with Gasteiger partial charge < -0.3 is 10.6 Å². The van der Waals surface area contributed by atoms with Gasteiger partial charge in [-0.3, -0.25) is 9.48 Å². The van der Waals surface area contributed by atoms with Crippen molar-refractivity contribution in [3.63, 3.8) is 0 Å². The maximum absolute atomic E-state index is 12.1. The Hall–Kier alpha value is -1.56. The summed E-state index contributed by atoms with van der Waals surface area (Å²) in [7, 11) is 1.94. The fourth-order valence-corrected chi connectivity index (χ4v) is 3.16. The zero-order valence-corrected chi connectivity index (χ0v) is 16.5. The van der Waals surface area contributed by atoms with Crippen molar-refractivity contribution >= 4 is 30.7 Å². The molecule has 1 aromatic carbocycles. The van der Waals surface area contributed by atoms with E-state index in [4.69, 9.17) is 0 Å². The van der Waals surface area contributed by atoms with Crippen molar-refractivity contribution in [2.45, 2.75) is 46.3 Å². The standard InChI is InChI=1S/C18H24N4O.2ClH/c1-12-17(13(2)22(3)21-12)6-7-18(23)20-9-14-4-5-15-10-19-11-16(15)8-14;;/h4-5,8,19H,6-7,9-11H2,1-3H3,(H,20,23);2*1H. The summed E-state index contributed by atoms with van der Waals surface area (Å²) in [5.74, 6) is 0.0891. The van der Waals surface area contributed by atoms with Crippen LogP contribution >= 0.6 is 24.8 Å². The predicted octanol–water partition coefficient (Wildman–Crippen LogP) is 2.73. The van der Waals surface area contributed by atoms with Gasteiger partial charge in [0.05, 0.1) is 5.69 Å². The summed E-state index contributed by atoms with van der Waals surface area (Å²) in [4.78, 5) is 12.1. The molecule has 2 heterocycles. The molecule has 138 valence electrons. The van der Waals surface area contributed by atoms with Gasteiger partial charge in [0.2, 0.25) is 5.91 Å². The number of nitrogens with zero attached hydrogens (tertiary/aromatic N) is 2. The number of hydrogen-bond acceptors (Lipinski definition) is 3. The molecule has 0 unspecified atom stereocenters. The summed E-state index contributed by atoms with van der Waals surface area (Å²) in [6, 6.07) is 6.44. The maximum Gasteiger partial charge on any atom is 0.220 e. The fraction of sp³-hybridized carbons (Fsp3) is 0.444. The number of carbonyl (C=O) groups is 1. The van der Waals surface area contributed by atoms with Crippen LogP contribution < -0.4 is 10.6 Å². The molecule has 1 aliphatic rings. The van der Waals surface area contributed by atoms with E-state index in [1.165, 1.54) is 16.7 Å². The van der Waals surface area contributed by atoms with Gasteiger partial charge in [-0.05, 0) is 42.5 Å². The number of amides is 1. The molecule has 0 fully saturated rings. The highest BCUT2D eigenvalue weighted by atomic mass is 35.5. The molecule has 2 aromatic rings. The van der Waals surface area contributed by atoms with Crippen LogP contribution in [0.4, 0.5) is 0 Å². The van der Waals surface area contributed by atoms with Crippen molar-refractivity contribution in [1.82, 2.24) is 20.4 Å². The van der Waals surface area contributed by atoms with Crippen molar-refractivity contribution in [2.24, 2.45) is 7.05 Å². The van der Waals surface area contributed by atoms with E-state index in [1.54, 1.807) is 0 Å². The number of aromatic nitrogens is 2. The molecule has 2 N–H and O–H groups in total. The van der Waals surface area contributed by atoms with E-state index >= 15 is 0 Å². The molecule has 1 aromatic heterocycles. The first kappa shape index (κ1) is 21.5. The summed E-state index contributed by atoms with van der Waals surface area (Å²) >= 11 is 0. The first-order chi connectivity index (χ1) is 11.0. The second-order valence-electron chi connectivity index (χ2n) is 6.26. The van der Waals surface area contributed by atoms with Gasteiger partial charge in [0, 0.05) is 38.8 Å². The van der Waals surface area contributed by atoms with Crippen LogP contribution in [0.25, 0.3) is 0 Å². The molecular weight excluding hydrogens is 359 g/mol. The van der Waals surface area contributed by atoms with Crippen molar-refractivity contribution in [1.29, 1.82) is 0 Å². The van der Waals surface area contributed by atoms with Crippen LogP contribution in [0.1, 0.15) is 40.1 Å². The van der Waals surface area contributed by atoms with Gasteiger partial charge in [0.15, 0.2) is 0 Å². The highest BCUT2D eigenvalue weighted by molar-refractivity contribution is 5.85. The number of aryl methyl sites for hydroxylation is 2. The van der Waals surface area contributed by atoms with Gasteiger partial charge in [0.25, 0.3) is 0 Å². The molecule has 0 spiro atoms. The number of fused-ring (bicyclic) bond motifs is 1. The van der Waals surface area contributed by atoms with Crippen LogP contribution in [0, 0.1) is 13.8 Å². The van der Waals surface area contributed by atoms with Crippen molar-refractivity contribution in [2.75, 3.05) is 0 Å². The largest absolute Gasteiger partial charge is 0.352 e. The van der Waals surface area contributed by atoms with E-state index in [0.717, 1.165) is 36.5 Å². The molecule has 0 aliphatic carbocycles. The minimum atomic E-state index is 0. The van der Waals surface area contributed by atoms with Gasteiger partial charge in [-0.15, -0.1) is 24.8 Å². The van der Waals surface area contributed by atoms with Crippen LogP contribution in [-0.2, 0) is 37.9 Å². The first-order valence-corrected chi connectivity index (χ1v) is 8.12. The van der Waals surface area contributed by atoms with Gasteiger partial charge in [0.1, 0.15) is 0 Å². The van der Waals surface area contributed by atoms with Crippen molar-refractivity contribution in [3.05, 3.63) is 51.8 Å². The number of halogens is 2. The predicted molar refractivity (Wildman–Crippen MR) is 104 cm³/mol. The Kier molecular flexibility index (Phi) is 7.93. The van der Waals surface area contributed by atoms with Crippen LogP contribution in [0.15, 0.2) is 18.2 Å². The van der Waals surface area contributed by atoms with E-state index in [0.29, 0.717) is 13.0 Å². The monoisotopic (exact) mass is 384 g/mol. The minimum absolute atomic E-state index is 0. The molecule has 25 heavy (non-hydrogen) atoms. The molecule has 0 saturated heterocycles. The Labute approximate surface area is 161 Å². The second-order valence-corrected chi connectivity index (χ2v) is 6.26. The highest BCUT2D eigenvalue weighted by Gasteiger charge is 2.12. The Morgan fingerprint density at radius 1 is 1.24 bits per heavy atom. The molecule has 1 amide bonds. The van der Waals surface area contributed by atoms with Gasteiger partial charge in [-0.2, -0.15) is 5.10 Å². The summed E-state index contributed by atoms with van der Waals surface area (Å²) < 4.78 is 1.88. The summed E-state index contributed by atoms with van der Waals surface area (Å²) in [5.41, 5.74) is 7.21. The third-order valence-corrected chi connectivity index (χ3v) is 4.65. The fourth-order valence-electron chi connectivity index (χ4n) is 3.16. The highest BCUT2D eigenvalue weighted by Crippen LogP contribution is 2.17. The summed E-state index contributed by atoms with van der Waals surface area (Å²) in [6.45, 7) is 6.52. The van der Waals surface area contributed by atoms with Crippen LogP contribution in [0.2, 0.25) is 0 Å². The van der Waals surface area contributed by atoms with Gasteiger partial charge in [-0.25, -0.2) is 0 Å². The molecule has 3 rings (SSSR count). The average molecular weight is 385 g/mol. The number of rotatable bonds is 5. The Morgan fingerprint density at radius 2 is 1.96 bits per heavy atom. The minimum Gasteiger partial charge on any atom is -0.352 e. The second kappa shape index (κ2) is 9.22. The number of carbonyl (C=O) groups excluding carboxylic acids is 1. The number of benzene rings is 1. The van der Waals surface area contributed by atoms with Gasteiger partial charge >= 0.3 is 0 Å². The lowest BCUT2D eigenvalue weighted by atomic mass is 10.1. The van der Waals surface area contributed by atoms with E-state index in [9.17, 15) is 4.79 Å². The normalized spacial score (nSPS) is 12.1. The quantitative estimate of drug-likeness (QED) is 0.832. The Balaban J connectivity index is 0.00000156. The summed E-state index contributed by atoms with van der Waals surface area (Å²) in [5, 5.41) is 10.7. The van der Waals surface area contributed by atoms with Gasteiger partial charge in [-0.1, -0.05) is 18.2 Å². The van der Waals surface area contributed by atoms with E-state index in [1.807, 2.05) is 25.6 Å². The maximum atomic E-state index is 12.1. The van der Waals surface area contributed by atoms with Crippen LogP contribution in [0.3, 0.4) is 0 Å². The molecule has 7 heteroatoms. The Morgan fingerprint density at radius 3 is 2.64 bits per heavy atom. The zero-order valence-electron chi connectivity index (χ0n) is 14.9. The topological polar surface area (TPSA) is 59.0 Å². The molecule has 0 atom stereocenters. The van der Waals surface area contributed by atoms with Crippen LogP contribution in [0.5, 0.6) is 0 Å². The molecular formula is C18H26Cl2N4O. The van der Waals surface area contributed by atoms with E-state index in [2.05, 4.69) is 33.9 Å². The van der Waals surface area contributed by atoms with Crippen LogP contribution in [-0.4, -0.2) is 15.7 Å². The Bertz CT molecular complexity index is 743. The lowest BCUT2D eigenvalue weighted by molar-refractivity contribution is -0.121. The summed E-state index contributed by atoms with van der Waals surface area (Å²) in [6.07, 6.45) is 1.24. The molecule has 0 saturated carbocycles. The SMILES string of the molecule is Cc1nn(C)c(C)c1CCC(=O)NCc1ccc2c(c1)CNC2.Cl.Cl. The lowest BCUT2D eigenvalue weighted by Gasteiger charge is -2.07. The smallest absolute Gasteiger partial charge is 0.220 e. The zero-order chi connectivity index (χ0) is 16.4.